The van der Waals surface area contributed by atoms with Crippen molar-refractivity contribution in [2.24, 2.45) is 7.05 Å². The van der Waals surface area contributed by atoms with Gasteiger partial charge in [-0.15, -0.1) is 0 Å². The number of hydrogen-bond acceptors (Lipinski definition) is 6. The van der Waals surface area contributed by atoms with Crippen molar-refractivity contribution in [3.8, 4) is 0 Å². The lowest BCUT2D eigenvalue weighted by Crippen LogP contribution is -2.46. The largest absolute Gasteiger partial charge is 0.369 e. The van der Waals surface area contributed by atoms with Gasteiger partial charge in [0.05, 0.1) is 29.1 Å². The molecule has 3 aromatic rings. The molecule has 1 aromatic carbocycles. The van der Waals surface area contributed by atoms with E-state index in [1.54, 1.807) is 15.7 Å². The van der Waals surface area contributed by atoms with Gasteiger partial charge >= 0.3 is 0 Å². The van der Waals surface area contributed by atoms with E-state index >= 15 is 0 Å². The molecule has 8 heteroatoms. The first-order chi connectivity index (χ1) is 13.0. The summed E-state index contributed by atoms with van der Waals surface area (Å²) < 4.78 is 1.67. The minimum absolute atomic E-state index is 0.0235. The van der Waals surface area contributed by atoms with Gasteiger partial charge in [-0.2, -0.15) is 15.0 Å². The Bertz CT molecular complexity index is 999. The van der Waals surface area contributed by atoms with E-state index in [0.29, 0.717) is 5.39 Å². The molecule has 0 amide bonds. The number of benzene rings is 1. The fourth-order valence-corrected chi connectivity index (χ4v) is 3.54. The second kappa shape index (κ2) is 7.11. The summed E-state index contributed by atoms with van der Waals surface area (Å²) in [5, 5.41) is 9.16. The molecule has 0 radical (unpaired) electrons. The zero-order valence-corrected chi connectivity index (χ0v) is 16.0. The molecule has 1 aliphatic rings. The van der Waals surface area contributed by atoms with E-state index in [4.69, 9.17) is 0 Å². The number of aryl methyl sites for hydroxylation is 1. The van der Waals surface area contributed by atoms with E-state index in [-0.39, 0.29) is 11.6 Å². The van der Waals surface area contributed by atoms with Gasteiger partial charge in [0.15, 0.2) is 0 Å². The maximum Gasteiger partial charge on any atom is 0.261 e. The molecule has 27 heavy (non-hydrogen) atoms. The normalized spacial score (nSPS) is 15.8. The van der Waals surface area contributed by atoms with Gasteiger partial charge in [-0.1, -0.05) is 0 Å². The van der Waals surface area contributed by atoms with Crippen LogP contribution in [-0.4, -0.2) is 55.6 Å². The minimum Gasteiger partial charge on any atom is -0.369 e. The van der Waals surface area contributed by atoms with Gasteiger partial charge in [0.2, 0.25) is 0 Å². The van der Waals surface area contributed by atoms with Gasteiger partial charge in [0.25, 0.3) is 5.56 Å². The number of hydrogen-bond donors (Lipinski definition) is 0. The monoisotopic (exact) mass is 367 g/mol. The number of nitrogens with zero attached hydrogens (tertiary/aromatic N) is 7. The maximum absolute atomic E-state index is 12.6. The molecule has 8 nitrogen and oxygen atoms in total. The number of anilines is 1. The summed E-state index contributed by atoms with van der Waals surface area (Å²) in [6.45, 7) is 8.63. The molecular formula is C19H25N7O. The lowest BCUT2D eigenvalue weighted by Gasteiger charge is -2.35. The molecule has 142 valence electrons. The molecule has 2 aromatic heterocycles. The van der Waals surface area contributed by atoms with Gasteiger partial charge < -0.3 is 4.90 Å². The highest BCUT2D eigenvalue weighted by molar-refractivity contribution is 5.81. The fraction of sp³-hybridized carbons (Fsp3) is 0.474. The molecule has 1 aliphatic heterocycles. The third kappa shape index (κ3) is 3.57. The van der Waals surface area contributed by atoms with Gasteiger partial charge in [0, 0.05) is 51.5 Å². The van der Waals surface area contributed by atoms with Crippen LogP contribution in [0.1, 0.15) is 25.6 Å². The van der Waals surface area contributed by atoms with Crippen molar-refractivity contribution in [3.05, 3.63) is 46.8 Å². The van der Waals surface area contributed by atoms with Crippen LogP contribution >= 0.6 is 0 Å². The molecule has 0 saturated carbocycles. The predicted molar refractivity (Wildman–Crippen MR) is 105 cm³/mol. The topological polar surface area (TPSA) is 72.1 Å². The Labute approximate surface area is 158 Å². The van der Waals surface area contributed by atoms with Crippen molar-refractivity contribution in [2.75, 3.05) is 31.1 Å². The third-order valence-electron chi connectivity index (χ3n) is 5.09. The van der Waals surface area contributed by atoms with Crippen molar-refractivity contribution in [1.82, 2.24) is 29.4 Å². The molecule has 0 atom stereocenters. The highest BCUT2D eigenvalue weighted by Crippen LogP contribution is 2.21. The highest BCUT2D eigenvalue weighted by atomic mass is 16.1. The van der Waals surface area contributed by atoms with Crippen molar-refractivity contribution < 1.29 is 0 Å². The first-order valence-corrected chi connectivity index (χ1v) is 9.34. The minimum atomic E-state index is 0.0235. The van der Waals surface area contributed by atoms with Crippen molar-refractivity contribution in [2.45, 2.75) is 26.4 Å². The van der Waals surface area contributed by atoms with Crippen LogP contribution in [0.4, 0.5) is 5.69 Å². The van der Waals surface area contributed by atoms with Gasteiger partial charge in [-0.05, 0) is 32.0 Å². The zero-order chi connectivity index (χ0) is 19.0. The molecule has 0 unspecified atom stereocenters. The van der Waals surface area contributed by atoms with E-state index < -0.39 is 0 Å². The molecule has 1 saturated heterocycles. The Hall–Kier alpha value is -2.74. The van der Waals surface area contributed by atoms with E-state index in [1.807, 2.05) is 45.3 Å². The SMILES string of the molecule is CC(C)n1cnc2cc(N3CCN(Cc4cnn(C)n4)CC3)ccc2c1=O. The Morgan fingerprint density at radius 3 is 2.59 bits per heavy atom. The molecule has 4 rings (SSSR count). The standard InChI is InChI=1S/C19H25N7O/c1-14(2)26-13-20-18-10-16(4-5-17(18)19(26)27)25-8-6-24(7-9-25)12-15-11-21-23(3)22-15/h4-5,10-11,13-14H,6-9,12H2,1-3H3. The average Bonchev–Trinajstić information content (AvgIpc) is 3.07. The first-order valence-electron chi connectivity index (χ1n) is 9.34. The quantitative estimate of drug-likeness (QED) is 0.695. The number of aromatic nitrogens is 5. The summed E-state index contributed by atoms with van der Waals surface area (Å²) in [5.74, 6) is 0. The van der Waals surface area contributed by atoms with Crippen LogP contribution in [0.3, 0.4) is 0 Å². The summed E-state index contributed by atoms with van der Waals surface area (Å²) in [7, 11) is 1.84. The number of piperazine rings is 1. The van der Waals surface area contributed by atoms with Crippen molar-refractivity contribution in [1.29, 1.82) is 0 Å². The van der Waals surface area contributed by atoms with Crippen LogP contribution in [0.15, 0.2) is 35.5 Å². The summed E-state index contributed by atoms with van der Waals surface area (Å²) in [5.41, 5.74) is 2.91. The summed E-state index contributed by atoms with van der Waals surface area (Å²) in [6, 6.07) is 6.08. The van der Waals surface area contributed by atoms with E-state index in [1.165, 1.54) is 0 Å². The van der Waals surface area contributed by atoms with Gasteiger partial charge in [-0.25, -0.2) is 4.98 Å². The summed E-state index contributed by atoms with van der Waals surface area (Å²) in [6.07, 6.45) is 3.48. The van der Waals surface area contributed by atoms with Crippen LogP contribution in [0.5, 0.6) is 0 Å². The molecule has 3 heterocycles. The number of rotatable bonds is 4. The molecule has 0 spiro atoms. The number of fused-ring (bicyclic) bond motifs is 1. The molecule has 0 aliphatic carbocycles. The molecular weight excluding hydrogens is 342 g/mol. The smallest absolute Gasteiger partial charge is 0.261 e. The van der Waals surface area contributed by atoms with Gasteiger partial charge in [0.1, 0.15) is 0 Å². The first kappa shape index (κ1) is 17.7. The predicted octanol–water partition coefficient (Wildman–Crippen LogP) is 1.43. The zero-order valence-electron chi connectivity index (χ0n) is 16.0. The average molecular weight is 367 g/mol. The Balaban J connectivity index is 1.47. The lowest BCUT2D eigenvalue weighted by molar-refractivity contribution is 0.246. The lowest BCUT2D eigenvalue weighted by atomic mass is 10.2. The third-order valence-corrected chi connectivity index (χ3v) is 5.09. The van der Waals surface area contributed by atoms with Crippen molar-refractivity contribution >= 4 is 16.6 Å². The Morgan fingerprint density at radius 2 is 1.93 bits per heavy atom. The van der Waals surface area contributed by atoms with E-state index in [0.717, 1.165) is 49.6 Å². The fourth-order valence-electron chi connectivity index (χ4n) is 3.54. The maximum atomic E-state index is 12.6. The van der Waals surface area contributed by atoms with Crippen LogP contribution < -0.4 is 10.5 Å². The van der Waals surface area contributed by atoms with Crippen molar-refractivity contribution in [3.63, 3.8) is 0 Å². The Morgan fingerprint density at radius 1 is 1.15 bits per heavy atom. The second-order valence-corrected chi connectivity index (χ2v) is 7.34. The molecule has 0 N–H and O–H groups in total. The second-order valence-electron chi connectivity index (χ2n) is 7.34. The van der Waals surface area contributed by atoms with E-state index in [2.05, 4.69) is 25.0 Å². The highest BCUT2D eigenvalue weighted by Gasteiger charge is 2.19. The Kier molecular flexibility index (Phi) is 4.65. The van der Waals surface area contributed by atoms with Crippen LogP contribution in [0.25, 0.3) is 10.9 Å². The summed E-state index contributed by atoms with van der Waals surface area (Å²) in [4.78, 5) is 23.4. The summed E-state index contributed by atoms with van der Waals surface area (Å²) >= 11 is 0. The van der Waals surface area contributed by atoms with Crippen LogP contribution in [0, 0.1) is 0 Å². The van der Waals surface area contributed by atoms with Gasteiger partial charge in [-0.3, -0.25) is 14.3 Å². The van der Waals surface area contributed by atoms with E-state index in [9.17, 15) is 4.79 Å². The molecule has 1 fully saturated rings. The van der Waals surface area contributed by atoms with Crippen LogP contribution in [0.2, 0.25) is 0 Å². The van der Waals surface area contributed by atoms with Crippen LogP contribution in [-0.2, 0) is 13.6 Å². The molecule has 0 bridgehead atoms.